The maximum absolute atomic E-state index is 13.2. The third-order valence-corrected chi connectivity index (χ3v) is 4.69. The van der Waals surface area contributed by atoms with Crippen molar-refractivity contribution in [1.29, 1.82) is 0 Å². The quantitative estimate of drug-likeness (QED) is 0.822. The molecule has 1 nitrogen and oxygen atoms in total. The van der Waals surface area contributed by atoms with Gasteiger partial charge in [-0.2, -0.15) is 0 Å². The number of hydrogen-bond acceptors (Lipinski definition) is 1. The lowest BCUT2D eigenvalue weighted by Gasteiger charge is -2.36. The van der Waals surface area contributed by atoms with Crippen molar-refractivity contribution < 1.29 is 4.39 Å². The zero-order valence-corrected chi connectivity index (χ0v) is 12.8. The van der Waals surface area contributed by atoms with Crippen LogP contribution in [0.1, 0.15) is 58.1 Å². The first-order valence-corrected chi connectivity index (χ1v) is 7.96. The Labute approximate surface area is 122 Å². The maximum Gasteiger partial charge on any atom is 0.123 e. The molecule has 0 aliphatic heterocycles. The fourth-order valence-electron chi connectivity index (χ4n) is 3.26. The van der Waals surface area contributed by atoms with Gasteiger partial charge in [-0.25, -0.2) is 4.39 Å². The Hall–Kier alpha value is -0.890. The molecular weight excluding hydrogens is 249 g/mol. The van der Waals surface area contributed by atoms with Gasteiger partial charge in [0.25, 0.3) is 0 Å². The Morgan fingerprint density at radius 3 is 1.90 bits per heavy atom. The third kappa shape index (κ3) is 3.22. The van der Waals surface area contributed by atoms with Crippen LogP contribution in [0.25, 0.3) is 0 Å². The molecule has 1 atom stereocenters. The molecule has 0 bridgehead atoms. The van der Waals surface area contributed by atoms with E-state index in [1.807, 2.05) is 12.1 Å². The summed E-state index contributed by atoms with van der Waals surface area (Å²) in [5.41, 5.74) is 1.35. The summed E-state index contributed by atoms with van der Waals surface area (Å²) in [7, 11) is 0. The van der Waals surface area contributed by atoms with Crippen molar-refractivity contribution >= 4 is 0 Å². The predicted octanol–water partition coefficient (Wildman–Crippen LogP) is 4.69. The molecule has 1 unspecified atom stereocenters. The smallest absolute Gasteiger partial charge is 0.123 e. The van der Waals surface area contributed by atoms with Crippen molar-refractivity contribution in [2.45, 2.75) is 58.5 Å². The number of benzene rings is 1. The molecule has 0 heterocycles. The number of halogens is 1. The zero-order valence-electron chi connectivity index (χ0n) is 12.8. The second kappa shape index (κ2) is 5.14. The summed E-state index contributed by atoms with van der Waals surface area (Å²) in [4.78, 5) is 0. The molecule has 2 heteroatoms. The van der Waals surface area contributed by atoms with Gasteiger partial charge in [0.05, 0.1) is 0 Å². The summed E-state index contributed by atoms with van der Waals surface area (Å²) in [5.74, 6) is 1.61. The van der Waals surface area contributed by atoms with Crippen LogP contribution >= 0.6 is 0 Å². The molecular formula is C18H26FN. The van der Waals surface area contributed by atoms with Crippen LogP contribution in [0.5, 0.6) is 0 Å². The van der Waals surface area contributed by atoms with E-state index in [1.165, 1.54) is 31.2 Å². The molecule has 2 saturated carbocycles. The van der Waals surface area contributed by atoms with Crippen molar-refractivity contribution in [2.24, 2.45) is 17.3 Å². The summed E-state index contributed by atoms with van der Waals surface area (Å²) in [6.07, 6.45) is 5.53. The van der Waals surface area contributed by atoms with Crippen molar-refractivity contribution in [3.05, 3.63) is 35.6 Å². The van der Waals surface area contributed by atoms with Gasteiger partial charge in [0.1, 0.15) is 5.82 Å². The van der Waals surface area contributed by atoms with Crippen LogP contribution in [0.3, 0.4) is 0 Å². The van der Waals surface area contributed by atoms with Gasteiger partial charge >= 0.3 is 0 Å². The fourth-order valence-corrected chi connectivity index (χ4v) is 3.26. The third-order valence-electron chi connectivity index (χ3n) is 4.69. The normalized spacial score (nSPS) is 21.2. The number of hydrogen-bond donors (Lipinski definition) is 1. The summed E-state index contributed by atoms with van der Waals surface area (Å²) >= 11 is 0. The summed E-state index contributed by atoms with van der Waals surface area (Å²) < 4.78 is 13.2. The molecule has 1 aromatic rings. The molecule has 20 heavy (non-hydrogen) atoms. The molecule has 0 aromatic heterocycles. The van der Waals surface area contributed by atoms with Crippen LogP contribution < -0.4 is 5.32 Å². The summed E-state index contributed by atoms with van der Waals surface area (Å²) in [6.45, 7) is 6.81. The van der Waals surface area contributed by atoms with Crippen molar-refractivity contribution in [3.8, 4) is 0 Å². The molecule has 1 aromatic carbocycles. The highest BCUT2D eigenvalue weighted by Crippen LogP contribution is 2.46. The van der Waals surface area contributed by atoms with E-state index in [0.717, 1.165) is 11.8 Å². The second-order valence-corrected chi connectivity index (χ2v) is 7.72. The average Bonchev–Trinajstić information content (AvgIpc) is 3.24. The molecule has 1 N–H and O–H groups in total. The molecule has 110 valence electrons. The van der Waals surface area contributed by atoms with Gasteiger partial charge in [0, 0.05) is 12.1 Å². The lowest BCUT2D eigenvalue weighted by Crippen LogP contribution is -2.41. The Morgan fingerprint density at radius 2 is 1.50 bits per heavy atom. The van der Waals surface area contributed by atoms with Gasteiger partial charge in [-0.1, -0.05) is 32.9 Å². The van der Waals surface area contributed by atoms with Crippen molar-refractivity contribution in [2.75, 3.05) is 0 Å². The topological polar surface area (TPSA) is 12.0 Å². The Balaban J connectivity index is 1.80. The van der Waals surface area contributed by atoms with Crippen LogP contribution in [-0.4, -0.2) is 6.04 Å². The van der Waals surface area contributed by atoms with E-state index in [0.29, 0.717) is 12.1 Å². The Kier molecular flexibility index (Phi) is 3.62. The first-order chi connectivity index (χ1) is 9.45. The average molecular weight is 275 g/mol. The van der Waals surface area contributed by atoms with Crippen LogP contribution in [0.15, 0.2) is 24.3 Å². The van der Waals surface area contributed by atoms with E-state index in [1.54, 1.807) is 12.1 Å². The number of rotatable bonds is 5. The lowest BCUT2D eigenvalue weighted by molar-refractivity contribution is 0.229. The van der Waals surface area contributed by atoms with E-state index >= 15 is 0 Å². The molecule has 0 spiro atoms. The Bertz CT molecular complexity index is 439. The number of nitrogens with one attached hydrogen (secondary N) is 1. The highest BCUT2D eigenvalue weighted by Gasteiger charge is 2.43. The van der Waals surface area contributed by atoms with Crippen LogP contribution in [0.4, 0.5) is 4.39 Å². The zero-order chi connectivity index (χ0) is 14.3. The van der Waals surface area contributed by atoms with Gasteiger partial charge in [0.2, 0.25) is 0 Å². The predicted molar refractivity (Wildman–Crippen MR) is 81.0 cm³/mol. The minimum atomic E-state index is -0.151. The molecule has 2 aliphatic rings. The monoisotopic (exact) mass is 275 g/mol. The van der Waals surface area contributed by atoms with Crippen LogP contribution in [0, 0.1) is 23.1 Å². The molecule has 2 aliphatic carbocycles. The van der Waals surface area contributed by atoms with Crippen LogP contribution in [-0.2, 0) is 0 Å². The standard InChI is InChI=1S/C18H26FN/c1-18(2,3)17(14-8-10-15(19)11-9-14)20-16(12-4-5-12)13-6-7-13/h8-13,16-17,20H,4-7H2,1-3H3. The van der Waals surface area contributed by atoms with Gasteiger partial charge in [-0.05, 0) is 60.6 Å². The minimum absolute atomic E-state index is 0.139. The largest absolute Gasteiger partial charge is 0.306 e. The van der Waals surface area contributed by atoms with Crippen molar-refractivity contribution in [3.63, 3.8) is 0 Å². The molecule has 0 saturated heterocycles. The fraction of sp³-hybridized carbons (Fsp3) is 0.667. The van der Waals surface area contributed by atoms with Crippen LogP contribution in [0.2, 0.25) is 0 Å². The first-order valence-electron chi connectivity index (χ1n) is 7.96. The maximum atomic E-state index is 13.2. The van der Waals surface area contributed by atoms with E-state index in [9.17, 15) is 4.39 Å². The van der Waals surface area contributed by atoms with Gasteiger partial charge in [0.15, 0.2) is 0 Å². The molecule has 3 rings (SSSR count). The van der Waals surface area contributed by atoms with E-state index in [4.69, 9.17) is 0 Å². The van der Waals surface area contributed by atoms with E-state index in [2.05, 4.69) is 26.1 Å². The lowest BCUT2D eigenvalue weighted by atomic mass is 9.81. The Morgan fingerprint density at radius 1 is 1.00 bits per heavy atom. The van der Waals surface area contributed by atoms with E-state index in [-0.39, 0.29) is 11.2 Å². The highest BCUT2D eigenvalue weighted by molar-refractivity contribution is 5.22. The molecule has 0 radical (unpaired) electrons. The van der Waals surface area contributed by atoms with Crippen molar-refractivity contribution in [1.82, 2.24) is 5.32 Å². The molecule has 2 fully saturated rings. The van der Waals surface area contributed by atoms with E-state index < -0.39 is 0 Å². The second-order valence-electron chi connectivity index (χ2n) is 7.72. The highest BCUT2D eigenvalue weighted by atomic mass is 19.1. The minimum Gasteiger partial charge on any atom is -0.306 e. The van der Waals surface area contributed by atoms with Gasteiger partial charge in [-0.15, -0.1) is 0 Å². The van der Waals surface area contributed by atoms with Gasteiger partial charge in [-0.3, -0.25) is 0 Å². The molecule has 0 amide bonds. The summed E-state index contributed by atoms with van der Waals surface area (Å²) in [6, 6.07) is 8.01. The SMILES string of the molecule is CC(C)(C)C(NC(C1CC1)C1CC1)c1ccc(F)cc1. The summed E-state index contributed by atoms with van der Waals surface area (Å²) in [5, 5.41) is 3.93. The first kappa shape index (κ1) is 14.1. The van der Waals surface area contributed by atoms with Gasteiger partial charge < -0.3 is 5.32 Å².